The van der Waals surface area contributed by atoms with Gasteiger partial charge in [-0.2, -0.15) is 0 Å². The van der Waals surface area contributed by atoms with Gasteiger partial charge in [-0.25, -0.2) is 0 Å². The number of rotatable bonds is 0. The normalized spacial score (nSPS) is 4.80. The Bertz CT molecular complexity index is 9.44. The standard InChI is InChI=1S/C4H10.2C2H6.CH3.Y/c1-4(2)3;2*1-2;;/h4H,1-3H3;2*1-2H3;1H3;/q;;;-1;. The first kappa shape index (κ1) is 30.4. The van der Waals surface area contributed by atoms with Crippen LogP contribution in [0.1, 0.15) is 48.5 Å². The van der Waals surface area contributed by atoms with E-state index >= 15 is 0 Å². The van der Waals surface area contributed by atoms with Crippen LogP contribution in [0.5, 0.6) is 0 Å². The molecule has 0 N–H and O–H groups in total. The Morgan fingerprint density at radius 1 is 0.700 bits per heavy atom. The van der Waals surface area contributed by atoms with Crippen molar-refractivity contribution in [3.63, 3.8) is 0 Å². The van der Waals surface area contributed by atoms with E-state index in [2.05, 4.69) is 20.8 Å². The van der Waals surface area contributed by atoms with Crippen LogP contribution in [-0.2, 0) is 32.7 Å². The molecule has 10 heavy (non-hydrogen) atoms. The maximum Gasteiger partial charge on any atom is 0 e. The minimum Gasteiger partial charge on any atom is -0.358 e. The molecule has 0 aliphatic rings. The van der Waals surface area contributed by atoms with Gasteiger partial charge in [-0.1, -0.05) is 48.5 Å². The summed E-state index contributed by atoms with van der Waals surface area (Å²) in [6.45, 7) is 14.5. The van der Waals surface area contributed by atoms with Crippen LogP contribution in [0, 0.1) is 13.3 Å². The Kier molecular flexibility index (Phi) is 151. The van der Waals surface area contributed by atoms with E-state index in [9.17, 15) is 0 Å². The van der Waals surface area contributed by atoms with E-state index in [1.54, 1.807) is 0 Å². The molecule has 65 valence electrons. The van der Waals surface area contributed by atoms with E-state index < -0.39 is 0 Å². The van der Waals surface area contributed by atoms with Crippen molar-refractivity contribution in [1.29, 1.82) is 0 Å². The van der Waals surface area contributed by atoms with Gasteiger partial charge in [0.1, 0.15) is 0 Å². The van der Waals surface area contributed by atoms with E-state index in [0.29, 0.717) is 0 Å². The summed E-state index contributed by atoms with van der Waals surface area (Å²) in [4.78, 5) is 0. The van der Waals surface area contributed by atoms with Gasteiger partial charge in [0, 0.05) is 32.7 Å². The summed E-state index contributed by atoms with van der Waals surface area (Å²) in [7, 11) is 0. The van der Waals surface area contributed by atoms with Gasteiger partial charge in [-0.15, -0.1) is 0 Å². The molecule has 0 aromatic heterocycles. The van der Waals surface area contributed by atoms with E-state index in [0.717, 1.165) is 5.92 Å². The van der Waals surface area contributed by atoms with Crippen LogP contribution in [-0.4, -0.2) is 0 Å². The van der Waals surface area contributed by atoms with Gasteiger partial charge in [-0.3, -0.25) is 0 Å². The van der Waals surface area contributed by atoms with Crippen LogP contribution in [0.2, 0.25) is 0 Å². The predicted octanol–water partition coefficient (Wildman–Crippen LogP) is 4.16. The van der Waals surface area contributed by atoms with Gasteiger partial charge >= 0.3 is 0 Å². The number of hydrogen-bond donors (Lipinski definition) is 0. The van der Waals surface area contributed by atoms with Crippen molar-refractivity contribution in [2.24, 2.45) is 5.92 Å². The molecule has 0 aromatic carbocycles. The van der Waals surface area contributed by atoms with Gasteiger partial charge in [0.2, 0.25) is 0 Å². The van der Waals surface area contributed by atoms with E-state index in [4.69, 9.17) is 0 Å². The Labute approximate surface area is 94.1 Å². The van der Waals surface area contributed by atoms with Crippen molar-refractivity contribution in [2.75, 3.05) is 0 Å². The molecule has 0 saturated heterocycles. The van der Waals surface area contributed by atoms with Gasteiger partial charge in [0.05, 0.1) is 0 Å². The molecular formula is C9H25Y-. The van der Waals surface area contributed by atoms with E-state index in [1.807, 2.05) is 27.7 Å². The van der Waals surface area contributed by atoms with E-state index in [1.165, 1.54) is 0 Å². The summed E-state index contributed by atoms with van der Waals surface area (Å²) in [6.07, 6.45) is 0. The molecule has 0 unspecified atom stereocenters. The summed E-state index contributed by atoms with van der Waals surface area (Å²) < 4.78 is 0. The molecule has 0 rings (SSSR count). The molecule has 0 saturated carbocycles. The summed E-state index contributed by atoms with van der Waals surface area (Å²) in [6, 6.07) is 0. The Morgan fingerprint density at radius 3 is 0.700 bits per heavy atom. The first-order chi connectivity index (χ1) is 3.73. The van der Waals surface area contributed by atoms with Crippen LogP contribution in [0.15, 0.2) is 0 Å². The molecule has 0 spiro atoms. The molecule has 0 bridgehead atoms. The number of hydrogen-bond acceptors (Lipinski definition) is 0. The summed E-state index contributed by atoms with van der Waals surface area (Å²) in [5, 5.41) is 0. The maximum atomic E-state index is 2.17. The first-order valence-electron chi connectivity index (χ1n) is 3.73. The quantitative estimate of drug-likeness (QED) is 0.540. The Morgan fingerprint density at radius 2 is 0.700 bits per heavy atom. The second kappa shape index (κ2) is 49.7. The molecule has 0 heterocycles. The van der Waals surface area contributed by atoms with E-state index in [-0.39, 0.29) is 40.1 Å². The Balaban J connectivity index is -0.0000000125. The van der Waals surface area contributed by atoms with Crippen LogP contribution >= 0.6 is 0 Å². The fourth-order valence-corrected chi connectivity index (χ4v) is 0. The molecule has 0 aliphatic heterocycles. The summed E-state index contributed by atoms with van der Waals surface area (Å²) in [5.74, 6) is 0.833. The van der Waals surface area contributed by atoms with Gasteiger partial charge in [-0.05, 0) is 5.92 Å². The van der Waals surface area contributed by atoms with Crippen LogP contribution in [0.25, 0.3) is 0 Å². The van der Waals surface area contributed by atoms with Crippen molar-refractivity contribution in [2.45, 2.75) is 48.5 Å². The average molecular weight is 222 g/mol. The minimum atomic E-state index is 0. The second-order valence-electron chi connectivity index (χ2n) is 1.73. The van der Waals surface area contributed by atoms with Gasteiger partial charge in [0.15, 0.2) is 0 Å². The van der Waals surface area contributed by atoms with Crippen molar-refractivity contribution < 1.29 is 32.7 Å². The third-order valence-corrected chi connectivity index (χ3v) is 0. The summed E-state index contributed by atoms with van der Waals surface area (Å²) in [5.41, 5.74) is 0. The summed E-state index contributed by atoms with van der Waals surface area (Å²) >= 11 is 0. The molecule has 1 radical (unpaired) electrons. The molecule has 0 amide bonds. The molecular weight excluding hydrogens is 197 g/mol. The fraction of sp³-hybridized carbons (Fsp3) is 0.889. The predicted molar refractivity (Wildman–Crippen MR) is 49.6 cm³/mol. The van der Waals surface area contributed by atoms with Crippen molar-refractivity contribution >= 4 is 0 Å². The van der Waals surface area contributed by atoms with Crippen LogP contribution < -0.4 is 0 Å². The molecule has 0 aromatic rings. The maximum absolute atomic E-state index is 2.17. The molecule has 1 heteroatoms. The smallest absolute Gasteiger partial charge is 0 e. The van der Waals surface area contributed by atoms with Crippen molar-refractivity contribution in [3.05, 3.63) is 7.43 Å². The molecule has 0 aliphatic carbocycles. The fourth-order valence-electron chi connectivity index (χ4n) is 0. The monoisotopic (exact) mass is 222 g/mol. The van der Waals surface area contributed by atoms with Crippen LogP contribution in [0.3, 0.4) is 0 Å². The zero-order valence-electron chi connectivity index (χ0n) is 9.15. The first-order valence-corrected chi connectivity index (χ1v) is 3.73. The zero-order chi connectivity index (χ0) is 7.58. The molecule has 0 nitrogen and oxygen atoms in total. The molecule has 0 fully saturated rings. The van der Waals surface area contributed by atoms with Crippen LogP contribution in [0.4, 0.5) is 0 Å². The second-order valence-corrected chi connectivity index (χ2v) is 1.73. The Hall–Kier alpha value is 1.10. The average Bonchev–Trinajstić information content (AvgIpc) is 1.75. The third-order valence-electron chi connectivity index (χ3n) is 0. The zero-order valence-corrected chi connectivity index (χ0v) is 12.0. The van der Waals surface area contributed by atoms with Gasteiger partial charge in [0.25, 0.3) is 0 Å². The topological polar surface area (TPSA) is 0 Å². The largest absolute Gasteiger partial charge is 0.358 e. The minimum absolute atomic E-state index is 0. The van der Waals surface area contributed by atoms with Gasteiger partial charge < -0.3 is 7.43 Å². The van der Waals surface area contributed by atoms with Crippen molar-refractivity contribution in [1.82, 2.24) is 0 Å². The third kappa shape index (κ3) is 491. The molecule has 0 atom stereocenters. The SMILES string of the molecule is CC.CC.CC(C)C.[CH3-].[Y]. The van der Waals surface area contributed by atoms with Crippen molar-refractivity contribution in [3.8, 4) is 0 Å².